The summed E-state index contributed by atoms with van der Waals surface area (Å²) in [6.07, 6.45) is 0. The van der Waals surface area contributed by atoms with Crippen LogP contribution in [-0.2, 0) is 17.1 Å². The first-order chi connectivity index (χ1) is 15.7. The summed E-state index contributed by atoms with van der Waals surface area (Å²) in [5, 5.41) is 0. The molecule has 0 fully saturated rings. The molecule has 4 aromatic rings. The highest BCUT2D eigenvalue weighted by Crippen LogP contribution is 2.22. The van der Waals surface area contributed by atoms with Crippen molar-refractivity contribution in [3.63, 3.8) is 0 Å². The van der Waals surface area contributed by atoms with E-state index < -0.39 is 15.9 Å². The van der Waals surface area contributed by atoms with Gasteiger partial charge in [-0.1, -0.05) is 11.3 Å². The van der Waals surface area contributed by atoms with E-state index in [0.717, 1.165) is 10.2 Å². The standard InChI is InChI=1S/C24H23N3O4S2/c1-15-13-21-22(14-16(15)2)32-24(27(21)3)25-23(28)17-5-7-18(8-6-17)26-33(29,30)20-11-9-19(31-4)10-12-20/h5-14,26H,1-4H3. The zero-order chi connectivity index (χ0) is 23.8. The molecule has 0 saturated heterocycles. The lowest BCUT2D eigenvalue weighted by molar-refractivity contribution is 0.0998. The summed E-state index contributed by atoms with van der Waals surface area (Å²) in [6, 6.07) is 16.5. The number of carbonyl (C=O) groups is 1. The lowest BCUT2D eigenvalue weighted by Gasteiger charge is -2.09. The van der Waals surface area contributed by atoms with Crippen LogP contribution < -0.4 is 14.3 Å². The number of methoxy groups -OCH3 is 1. The third-order valence-electron chi connectivity index (χ3n) is 5.38. The summed E-state index contributed by atoms with van der Waals surface area (Å²) >= 11 is 1.46. The Morgan fingerprint density at radius 2 is 1.64 bits per heavy atom. The topological polar surface area (TPSA) is 89.8 Å². The number of rotatable bonds is 5. The maximum absolute atomic E-state index is 12.7. The molecular weight excluding hydrogens is 458 g/mol. The predicted octanol–water partition coefficient (Wildman–Crippen LogP) is 4.41. The number of nitrogens with zero attached hydrogens (tertiary/aromatic N) is 2. The van der Waals surface area contributed by atoms with Crippen LogP contribution in [0.1, 0.15) is 21.5 Å². The minimum Gasteiger partial charge on any atom is -0.497 e. The fourth-order valence-electron chi connectivity index (χ4n) is 3.29. The number of fused-ring (bicyclic) bond motifs is 1. The molecular formula is C24H23N3O4S2. The first-order valence-electron chi connectivity index (χ1n) is 10.1. The molecule has 0 aliphatic rings. The Morgan fingerprint density at radius 1 is 1.00 bits per heavy atom. The fraction of sp³-hybridized carbons (Fsp3) is 0.167. The van der Waals surface area contributed by atoms with Crippen molar-refractivity contribution >= 4 is 43.2 Å². The highest BCUT2D eigenvalue weighted by Gasteiger charge is 2.15. The second kappa shape index (κ2) is 8.84. The zero-order valence-electron chi connectivity index (χ0n) is 18.6. The average molecular weight is 482 g/mol. The van der Waals surface area contributed by atoms with Gasteiger partial charge in [0.25, 0.3) is 15.9 Å². The number of ether oxygens (including phenoxy) is 1. The van der Waals surface area contributed by atoms with E-state index in [0.29, 0.717) is 21.8 Å². The summed E-state index contributed by atoms with van der Waals surface area (Å²) < 4.78 is 35.7. The fourth-order valence-corrected chi connectivity index (χ4v) is 5.44. The van der Waals surface area contributed by atoms with E-state index in [1.165, 1.54) is 41.7 Å². The lowest BCUT2D eigenvalue weighted by atomic mass is 10.1. The Bertz CT molecular complexity index is 1520. The number of benzene rings is 3. The average Bonchev–Trinajstić information content (AvgIpc) is 3.08. The van der Waals surface area contributed by atoms with Crippen molar-refractivity contribution < 1.29 is 17.9 Å². The predicted molar refractivity (Wildman–Crippen MR) is 130 cm³/mol. The molecule has 1 N–H and O–H groups in total. The van der Waals surface area contributed by atoms with Crippen LogP contribution in [0.15, 0.2) is 70.6 Å². The lowest BCUT2D eigenvalue weighted by Crippen LogP contribution is -2.14. The van der Waals surface area contributed by atoms with Gasteiger partial charge in [0, 0.05) is 18.3 Å². The summed E-state index contributed by atoms with van der Waals surface area (Å²) in [4.78, 5) is 17.7. The van der Waals surface area contributed by atoms with Gasteiger partial charge in [-0.05, 0) is 85.6 Å². The number of aryl methyl sites for hydroxylation is 3. The smallest absolute Gasteiger partial charge is 0.279 e. The van der Waals surface area contributed by atoms with Crippen LogP contribution >= 0.6 is 11.3 Å². The number of nitrogens with one attached hydrogen (secondary N) is 1. The van der Waals surface area contributed by atoms with Gasteiger partial charge in [0.15, 0.2) is 4.80 Å². The van der Waals surface area contributed by atoms with Gasteiger partial charge in [-0.15, -0.1) is 0 Å². The molecule has 0 atom stereocenters. The number of aromatic nitrogens is 1. The van der Waals surface area contributed by atoms with E-state index >= 15 is 0 Å². The second-order valence-corrected chi connectivity index (χ2v) is 10.3. The maximum Gasteiger partial charge on any atom is 0.279 e. The van der Waals surface area contributed by atoms with Crippen LogP contribution in [0.25, 0.3) is 10.2 Å². The molecule has 4 rings (SSSR count). The molecule has 9 heteroatoms. The number of anilines is 1. The summed E-state index contributed by atoms with van der Waals surface area (Å²) in [6.45, 7) is 4.11. The molecule has 3 aromatic carbocycles. The molecule has 0 saturated carbocycles. The van der Waals surface area contributed by atoms with Gasteiger partial charge in [0.05, 0.1) is 22.2 Å². The number of hydrogen-bond donors (Lipinski definition) is 1. The van der Waals surface area contributed by atoms with Crippen molar-refractivity contribution in [2.45, 2.75) is 18.7 Å². The first-order valence-corrected chi connectivity index (χ1v) is 12.4. The monoisotopic (exact) mass is 481 g/mol. The SMILES string of the molecule is COc1ccc(S(=O)(=O)Nc2ccc(C(=O)N=c3sc4cc(C)c(C)cc4n3C)cc2)cc1. The second-order valence-electron chi connectivity index (χ2n) is 7.62. The molecule has 0 radical (unpaired) electrons. The van der Waals surface area contributed by atoms with Crippen molar-refractivity contribution in [3.8, 4) is 5.75 Å². The van der Waals surface area contributed by atoms with Gasteiger partial charge in [0.2, 0.25) is 0 Å². The minimum absolute atomic E-state index is 0.112. The Labute approximate surface area is 196 Å². The summed E-state index contributed by atoms with van der Waals surface area (Å²) in [5.41, 5.74) is 4.11. The Morgan fingerprint density at radius 3 is 2.27 bits per heavy atom. The molecule has 7 nitrogen and oxygen atoms in total. The minimum atomic E-state index is -3.76. The van der Waals surface area contributed by atoms with E-state index in [9.17, 15) is 13.2 Å². The number of hydrogen-bond acceptors (Lipinski definition) is 5. The Kier molecular flexibility index (Phi) is 6.09. The first kappa shape index (κ1) is 22.8. The number of amides is 1. The van der Waals surface area contributed by atoms with Crippen LogP contribution in [-0.4, -0.2) is 26.0 Å². The van der Waals surface area contributed by atoms with Gasteiger partial charge in [-0.3, -0.25) is 9.52 Å². The Hall–Kier alpha value is -3.43. The number of thiazole rings is 1. The Balaban J connectivity index is 1.56. The van der Waals surface area contributed by atoms with E-state index in [4.69, 9.17) is 4.74 Å². The normalized spacial score (nSPS) is 12.2. The van der Waals surface area contributed by atoms with Crippen molar-refractivity contribution in [1.82, 2.24) is 4.57 Å². The molecule has 170 valence electrons. The van der Waals surface area contributed by atoms with Gasteiger partial charge >= 0.3 is 0 Å². The van der Waals surface area contributed by atoms with Gasteiger partial charge in [-0.25, -0.2) is 8.42 Å². The van der Waals surface area contributed by atoms with E-state index in [2.05, 4.69) is 35.7 Å². The zero-order valence-corrected chi connectivity index (χ0v) is 20.3. The van der Waals surface area contributed by atoms with Crippen molar-refractivity contribution in [3.05, 3.63) is 82.2 Å². The molecule has 1 heterocycles. The molecule has 0 aliphatic carbocycles. The summed E-state index contributed by atoms with van der Waals surface area (Å²) in [7, 11) is -0.364. The highest BCUT2D eigenvalue weighted by atomic mass is 32.2. The molecule has 0 aliphatic heterocycles. The largest absolute Gasteiger partial charge is 0.497 e. The molecule has 33 heavy (non-hydrogen) atoms. The van der Waals surface area contributed by atoms with Gasteiger partial charge in [0.1, 0.15) is 5.75 Å². The molecule has 1 amide bonds. The van der Waals surface area contributed by atoms with Crippen LogP contribution in [0.4, 0.5) is 5.69 Å². The third kappa shape index (κ3) is 4.69. The molecule has 0 spiro atoms. The maximum atomic E-state index is 12.7. The molecule has 0 bridgehead atoms. The van der Waals surface area contributed by atoms with Crippen molar-refractivity contribution in [2.24, 2.45) is 12.0 Å². The quantitative estimate of drug-likeness (QED) is 0.457. The van der Waals surface area contributed by atoms with E-state index in [-0.39, 0.29) is 4.90 Å². The van der Waals surface area contributed by atoms with E-state index in [1.807, 2.05) is 11.6 Å². The summed E-state index contributed by atoms with van der Waals surface area (Å²) in [5.74, 6) is 0.174. The van der Waals surface area contributed by atoms with Gasteiger partial charge < -0.3 is 9.30 Å². The van der Waals surface area contributed by atoms with Crippen LogP contribution in [0.3, 0.4) is 0 Å². The molecule has 0 unspecified atom stereocenters. The van der Waals surface area contributed by atoms with Crippen LogP contribution in [0, 0.1) is 13.8 Å². The number of carbonyl (C=O) groups excluding carboxylic acids is 1. The van der Waals surface area contributed by atoms with E-state index in [1.54, 1.807) is 36.4 Å². The van der Waals surface area contributed by atoms with Crippen LogP contribution in [0.5, 0.6) is 5.75 Å². The highest BCUT2D eigenvalue weighted by molar-refractivity contribution is 7.92. The molecule has 1 aromatic heterocycles. The third-order valence-corrected chi connectivity index (χ3v) is 7.87. The van der Waals surface area contributed by atoms with Crippen LogP contribution in [0.2, 0.25) is 0 Å². The van der Waals surface area contributed by atoms with Gasteiger partial charge in [-0.2, -0.15) is 4.99 Å². The van der Waals surface area contributed by atoms with Crippen molar-refractivity contribution in [2.75, 3.05) is 11.8 Å². The van der Waals surface area contributed by atoms with Crippen molar-refractivity contribution in [1.29, 1.82) is 0 Å². The number of sulfonamides is 1.